The minimum Gasteiger partial charge on any atom is -0.349 e. The maximum absolute atomic E-state index is 12.5. The van der Waals surface area contributed by atoms with Crippen LogP contribution in [0.4, 0.5) is 0 Å². The number of aliphatic imine (C=N–C) groups is 1. The van der Waals surface area contributed by atoms with E-state index in [1.807, 2.05) is 30.3 Å². The van der Waals surface area contributed by atoms with E-state index in [9.17, 15) is 4.79 Å². The molecule has 0 aliphatic carbocycles. The molecule has 1 aliphatic heterocycles. The van der Waals surface area contributed by atoms with Gasteiger partial charge in [0, 0.05) is 16.9 Å². The molecule has 0 saturated heterocycles. The second-order valence-electron chi connectivity index (χ2n) is 6.91. The summed E-state index contributed by atoms with van der Waals surface area (Å²) in [6, 6.07) is 9.79. The zero-order valence-electron chi connectivity index (χ0n) is 14.5. The Balaban J connectivity index is 1.90. The number of nitrogens with zero attached hydrogens (tertiary/aromatic N) is 2. The highest BCUT2D eigenvalue weighted by Crippen LogP contribution is 2.24. The summed E-state index contributed by atoms with van der Waals surface area (Å²) in [4.78, 5) is 19.3. The fourth-order valence-electron chi connectivity index (χ4n) is 2.56. The van der Waals surface area contributed by atoms with E-state index in [2.05, 4.69) is 43.2 Å². The number of hydrogen-bond acceptors (Lipinski definition) is 4. The van der Waals surface area contributed by atoms with Crippen LogP contribution >= 0.6 is 11.8 Å². The first kappa shape index (κ1) is 18.0. The number of amides is 1. The van der Waals surface area contributed by atoms with Crippen LogP contribution in [0.15, 0.2) is 35.3 Å². The Morgan fingerprint density at radius 1 is 1.35 bits per heavy atom. The molecule has 23 heavy (non-hydrogen) atoms. The van der Waals surface area contributed by atoms with Gasteiger partial charge in [-0.25, -0.2) is 0 Å². The minimum absolute atomic E-state index is 0.0401. The second-order valence-corrected chi connectivity index (χ2v) is 7.92. The van der Waals surface area contributed by atoms with Crippen molar-refractivity contribution in [1.82, 2.24) is 10.2 Å². The molecule has 0 spiro atoms. The molecule has 0 radical (unpaired) electrons. The first-order valence-electron chi connectivity index (χ1n) is 8.10. The van der Waals surface area contributed by atoms with Crippen LogP contribution in [0.5, 0.6) is 0 Å². The van der Waals surface area contributed by atoms with Crippen LogP contribution in [0.3, 0.4) is 0 Å². The van der Waals surface area contributed by atoms with Gasteiger partial charge in [-0.3, -0.25) is 9.79 Å². The van der Waals surface area contributed by atoms with Crippen LogP contribution in [-0.4, -0.2) is 53.8 Å². The van der Waals surface area contributed by atoms with Crippen molar-refractivity contribution in [3.8, 4) is 0 Å². The van der Waals surface area contributed by atoms with Gasteiger partial charge in [-0.15, -0.1) is 11.8 Å². The number of thioether (sulfide) groups is 1. The van der Waals surface area contributed by atoms with Crippen molar-refractivity contribution < 1.29 is 4.79 Å². The van der Waals surface area contributed by atoms with E-state index in [0.29, 0.717) is 0 Å². The van der Waals surface area contributed by atoms with E-state index in [-0.39, 0.29) is 17.5 Å². The zero-order chi connectivity index (χ0) is 16.9. The highest BCUT2D eigenvalue weighted by Gasteiger charge is 2.29. The average molecular weight is 334 g/mol. The van der Waals surface area contributed by atoms with Gasteiger partial charge in [0.15, 0.2) is 0 Å². The van der Waals surface area contributed by atoms with Crippen molar-refractivity contribution in [2.45, 2.75) is 38.3 Å². The van der Waals surface area contributed by atoms with Crippen LogP contribution in [0.2, 0.25) is 0 Å². The monoisotopic (exact) mass is 333 g/mol. The van der Waals surface area contributed by atoms with E-state index in [0.717, 1.165) is 35.7 Å². The van der Waals surface area contributed by atoms with Gasteiger partial charge in [-0.1, -0.05) is 30.3 Å². The van der Waals surface area contributed by atoms with E-state index in [4.69, 9.17) is 0 Å². The normalized spacial score (nSPS) is 18.1. The standard InChI is InChI=1S/C18H27N3OS/c1-18(2,11-8-12-21(3)4)20-16(22)15-13-23-17(19-15)14-9-6-5-7-10-14/h5-7,9-10,15H,8,11-13H2,1-4H3,(H,20,22)/t15-/m0/s1. The molecule has 5 heteroatoms. The summed E-state index contributed by atoms with van der Waals surface area (Å²) >= 11 is 1.66. The third-order valence-electron chi connectivity index (χ3n) is 3.84. The van der Waals surface area contributed by atoms with Crippen LogP contribution < -0.4 is 5.32 Å². The molecule has 1 N–H and O–H groups in total. The topological polar surface area (TPSA) is 44.7 Å². The highest BCUT2D eigenvalue weighted by atomic mass is 32.2. The Labute approximate surface area is 143 Å². The molecule has 0 bridgehead atoms. The molecule has 1 aromatic rings. The predicted octanol–water partition coefficient (Wildman–Crippen LogP) is 2.79. The third-order valence-corrected chi connectivity index (χ3v) is 4.94. The number of hydrogen-bond donors (Lipinski definition) is 1. The van der Waals surface area contributed by atoms with E-state index >= 15 is 0 Å². The Hall–Kier alpha value is -1.33. The highest BCUT2D eigenvalue weighted by molar-refractivity contribution is 8.14. The average Bonchev–Trinajstić information content (AvgIpc) is 2.97. The molecular weight excluding hydrogens is 306 g/mol. The van der Waals surface area contributed by atoms with Crippen LogP contribution in [0.1, 0.15) is 32.3 Å². The van der Waals surface area contributed by atoms with E-state index in [1.54, 1.807) is 11.8 Å². The Bertz CT molecular complexity index is 555. The summed E-state index contributed by atoms with van der Waals surface area (Å²) in [5, 5.41) is 4.13. The molecule has 0 unspecified atom stereocenters. The molecule has 126 valence electrons. The number of nitrogens with one attached hydrogen (secondary N) is 1. The lowest BCUT2D eigenvalue weighted by Gasteiger charge is -2.27. The van der Waals surface area contributed by atoms with Crippen molar-refractivity contribution in [3.63, 3.8) is 0 Å². The van der Waals surface area contributed by atoms with E-state index < -0.39 is 0 Å². The number of rotatable bonds is 7. The summed E-state index contributed by atoms with van der Waals surface area (Å²) in [6.07, 6.45) is 2.03. The lowest BCUT2D eigenvalue weighted by atomic mass is 9.97. The van der Waals surface area contributed by atoms with Crippen molar-refractivity contribution >= 4 is 22.7 Å². The van der Waals surface area contributed by atoms with Gasteiger partial charge in [0.1, 0.15) is 6.04 Å². The van der Waals surface area contributed by atoms with Gasteiger partial charge in [-0.05, 0) is 47.3 Å². The summed E-state index contributed by atoms with van der Waals surface area (Å²) in [5.41, 5.74) is 0.904. The largest absolute Gasteiger partial charge is 0.349 e. The van der Waals surface area contributed by atoms with E-state index in [1.165, 1.54) is 0 Å². The summed E-state index contributed by atoms with van der Waals surface area (Å²) in [7, 11) is 4.14. The first-order valence-corrected chi connectivity index (χ1v) is 9.09. The fourth-order valence-corrected chi connectivity index (χ4v) is 3.61. The summed E-state index contributed by atoms with van der Waals surface area (Å²) < 4.78 is 0. The van der Waals surface area contributed by atoms with Crippen molar-refractivity contribution in [2.75, 3.05) is 26.4 Å². The fraction of sp³-hybridized carbons (Fsp3) is 0.556. The SMILES string of the molecule is CN(C)CCCC(C)(C)NC(=O)[C@@H]1CSC(c2ccccc2)=N1. The van der Waals surface area contributed by atoms with Gasteiger partial charge >= 0.3 is 0 Å². The molecule has 4 nitrogen and oxygen atoms in total. The van der Waals surface area contributed by atoms with Gasteiger partial charge in [0.2, 0.25) is 5.91 Å². The maximum atomic E-state index is 12.5. The van der Waals surface area contributed by atoms with Crippen LogP contribution in [0, 0.1) is 0 Å². The van der Waals surface area contributed by atoms with Crippen LogP contribution in [0.25, 0.3) is 0 Å². The Morgan fingerprint density at radius 3 is 2.70 bits per heavy atom. The smallest absolute Gasteiger partial charge is 0.246 e. The Kier molecular flexibility index (Phi) is 6.25. The number of carbonyl (C=O) groups excluding carboxylic acids is 1. The molecule has 1 aromatic carbocycles. The molecule has 1 heterocycles. The number of carbonyl (C=O) groups is 1. The lowest BCUT2D eigenvalue weighted by molar-refractivity contribution is -0.123. The third kappa shape index (κ3) is 5.66. The first-order chi connectivity index (χ1) is 10.9. The zero-order valence-corrected chi connectivity index (χ0v) is 15.3. The quantitative estimate of drug-likeness (QED) is 0.834. The second kappa shape index (κ2) is 7.97. The van der Waals surface area contributed by atoms with Gasteiger partial charge in [0.05, 0.1) is 5.04 Å². The summed E-state index contributed by atoms with van der Waals surface area (Å²) in [5.74, 6) is 0.766. The molecule has 1 amide bonds. The Morgan fingerprint density at radius 2 is 2.04 bits per heavy atom. The lowest BCUT2D eigenvalue weighted by Crippen LogP contribution is -2.47. The molecule has 0 saturated carbocycles. The maximum Gasteiger partial charge on any atom is 0.246 e. The predicted molar refractivity (Wildman–Crippen MR) is 99.2 cm³/mol. The van der Waals surface area contributed by atoms with Gasteiger partial charge < -0.3 is 10.2 Å². The molecule has 0 fully saturated rings. The molecule has 1 atom stereocenters. The van der Waals surface area contributed by atoms with Crippen molar-refractivity contribution in [1.29, 1.82) is 0 Å². The molecule has 1 aliphatic rings. The molecular formula is C18H27N3OS. The van der Waals surface area contributed by atoms with Crippen molar-refractivity contribution in [2.24, 2.45) is 4.99 Å². The summed E-state index contributed by atoms with van der Waals surface area (Å²) in [6.45, 7) is 5.21. The van der Waals surface area contributed by atoms with Gasteiger partial charge in [0.25, 0.3) is 0 Å². The van der Waals surface area contributed by atoms with Gasteiger partial charge in [-0.2, -0.15) is 0 Å². The van der Waals surface area contributed by atoms with Crippen molar-refractivity contribution in [3.05, 3.63) is 35.9 Å². The molecule has 2 rings (SSSR count). The van der Waals surface area contributed by atoms with Crippen LogP contribution in [-0.2, 0) is 4.79 Å². The molecule has 0 aromatic heterocycles. The minimum atomic E-state index is -0.275. The number of benzene rings is 1.